The predicted molar refractivity (Wildman–Crippen MR) is 154 cm³/mol. The molecular formula is C27H41N7O5S. The molecule has 0 fully saturated rings. The smallest absolute Gasteiger partial charge is 0.300 e. The van der Waals surface area contributed by atoms with Gasteiger partial charge in [-0.15, -0.1) is 0 Å². The number of amides is 3. The lowest BCUT2D eigenvalue weighted by Crippen LogP contribution is -2.49. The summed E-state index contributed by atoms with van der Waals surface area (Å²) in [5, 5.41) is 18.2. The molecule has 0 saturated carbocycles. The molecule has 5 N–H and O–H groups in total. The van der Waals surface area contributed by atoms with Crippen LogP contribution in [0.1, 0.15) is 51.9 Å². The van der Waals surface area contributed by atoms with Crippen molar-refractivity contribution in [1.82, 2.24) is 30.3 Å². The quantitative estimate of drug-likeness (QED) is 0.400. The zero-order chi connectivity index (χ0) is 29.7. The van der Waals surface area contributed by atoms with Gasteiger partial charge < -0.3 is 26.4 Å². The van der Waals surface area contributed by atoms with Gasteiger partial charge in [-0.2, -0.15) is 16.9 Å². The van der Waals surface area contributed by atoms with E-state index in [1.165, 1.54) is 0 Å². The van der Waals surface area contributed by atoms with Crippen molar-refractivity contribution in [3.8, 4) is 11.4 Å². The number of aromatic nitrogens is 3. The molecule has 0 saturated heterocycles. The fraction of sp³-hybridized carbons (Fsp3) is 0.556. The number of thioether (sulfide) groups is 1. The van der Waals surface area contributed by atoms with Crippen LogP contribution < -0.4 is 16.4 Å². The first-order valence-electron chi connectivity index (χ1n) is 13.3. The molecule has 0 bridgehead atoms. The molecule has 1 aliphatic heterocycles. The highest BCUT2D eigenvalue weighted by molar-refractivity contribution is 7.98. The molecule has 0 aliphatic carbocycles. The summed E-state index contributed by atoms with van der Waals surface area (Å²) in [4.78, 5) is 54.0. The Bertz CT molecular complexity index is 1120. The fourth-order valence-corrected chi connectivity index (χ4v) is 4.62. The van der Waals surface area contributed by atoms with E-state index in [0.717, 1.165) is 18.2 Å². The van der Waals surface area contributed by atoms with Gasteiger partial charge in [-0.25, -0.2) is 9.67 Å². The maximum absolute atomic E-state index is 13.4. The molecule has 2 heterocycles. The highest BCUT2D eigenvalue weighted by Gasteiger charge is 2.30. The Balaban J connectivity index is 0.00000131. The van der Waals surface area contributed by atoms with Crippen LogP contribution in [-0.2, 0) is 25.7 Å². The van der Waals surface area contributed by atoms with Crippen LogP contribution in [0.4, 0.5) is 0 Å². The molecule has 12 nitrogen and oxygen atoms in total. The van der Waals surface area contributed by atoms with E-state index in [1.54, 1.807) is 21.3 Å². The topological polar surface area (TPSA) is 173 Å². The van der Waals surface area contributed by atoms with Gasteiger partial charge >= 0.3 is 0 Å². The Morgan fingerprint density at radius 2 is 1.82 bits per heavy atom. The van der Waals surface area contributed by atoms with Gasteiger partial charge in [0.2, 0.25) is 17.7 Å². The second-order valence-electron chi connectivity index (χ2n) is 9.72. The maximum Gasteiger partial charge on any atom is 0.300 e. The number of benzene rings is 1. The molecule has 0 radical (unpaired) electrons. The average Bonchev–Trinajstić information content (AvgIpc) is 3.34. The van der Waals surface area contributed by atoms with Crippen molar-refractivity contribution >= 4 is 35.5 Å². The van der Waals surface area contributed by atoms with Crippen molar-refractivity contribution in [2.45, 2.75) is 58.7 Å². The van der Waals surface area contributed by atoms with Gasteiger partial charge in [0.1, 0.15) is 6.04 Å². The zero-order valence-electron chi connectivity index (χ0n) is 23.6. The minimum absolute atomic E-state index is 0.00658. The fourth-order valence-electron chi connectivity index (χ4n) is 4.15. The SMILES string of the molecule is CC(=O)O.CSCC[C@@H]1NC(=O)CCCN(C(=O)CN)CCn2nc(-c3ccccc3)nc2C(C(C)C)NC1=O. The van der Waals surface area contributed by atoms with Crippen molar-refractivity contribution in [1.29, 1.82) is 0 Å². The van der Waals surface area contributed by atoms with Crippen LogP contribution in [0.15, 0.2) is 30.3 Å². The lowest BCUT2D eigenvalue weighted by Gasteiger charge is -2.27. The van der Waals surface area contributed by atoms with Crippen LogP contribution in [0.5, 0.6) is 0 Å². The summed E-state index contributed by atoms with van der Waals surface area (Å²) < 4.78 is 1.78. The van der Waals surface area contributed by atoms with Crippen LogP contribution in [0.25, 0.3) is 11.4 Å². The number of rotatable bonds is 6. The molecular weight excluding hydrogens is 534 g/mol. The van der Waals surface area contributed by atoms with E-state index in [4.69, 9.17) is 25.7 Å². The zero-order valence-corrected chi connectivity index (χ0v) is 24.4. The van der Waals surface area contributed by atoms with E-state index >= 15 is 0 Å². The Morgan fingerprint density at radius 1 is 1.15 bits per heavy atom. The van der Waals surface area contributed by atoms with Gasteiger partial charge in [0.05, 0.1) is 19.1 Å². The van der Waals surface area contributed by atoms with Gasteiger partial charge in [0.15, 0.2) is 11.6 Å². The van der Waals surface area contributed by atoms with Crippen LogP contribution in [-0.4, -0.2) is 86.1 Å². The molecule has 2 aromatic rings. The van der Waals surface area contributed by atoms with E-state index in [1.807, 2.05) is 50.4 Å². The minimum Gasteiger partial charge on any atom is -0.481 e. The van der Waals surface area contributed by atoms with Crippen LogP contribution >= 0.6 is 11.8 Å². The van der Waals surface area contributed by atoms with Crippen molar-refractivity contribution in [3.05, 3.63) is 36.2 Å². The van der Waals surface area contributed by atoms with E-state index in [9.17, 15) is 14.4 Å². The first-order valence-corrected chi connectivity index (χ1v) is 14.7. The van der Waals surface area contributed by atoms with Gasteiger partial charge in [0.25, 0.3) is 5.97 Å². The molecule has 220 valence electrons. The number of aliphatic carboxylic acids is 1. The second-order valence-corrected chi connectivity index (χ2v) is 10.7. The summed E-state index contributed by atoms with van der Waals surface area (Å²) in [5.74, 6) is 0.458. The number of hydrogen-bond acceptors (Lipinski definition) is 8. The Morgan fingerprint density at radius 3 is 2.42 bits per heavy atom. The van der Waals surface area contributed by atoms with Gasteiger partial charge in [-0.05, 0) is 30.8 Å². The molecule has 1 aromatic heterocycles. The lowest BCUT2D eigenvalue weighted by atomic mass is 10.0. The molecule has 3 amide bonds. The summed E-state index contributed by atoms with van der Waals surface area (Å²) in [7, 11) is 0. The molecule has 2 atom stereocenters. The van der Waals surface area contributed by atoms with Crippen LogP contribution in [0, 0.1) is 5.92 Å². The Hall–Kier alpha value is -3.45. The van der Waals surface area contributed by atoms with Crippen molar-refractivity contribution in [2.75, 3.05) is 31.6 Å². The van der Waals surface area contributed by atoms with Crippen LogP contribution in [0.2, 0.25) is 0 Å². The monoisotopic (exact) mass is 575 g/mol. The highest BCUT2D eigenvalue weighted by atomic mass is 32.2. The number of carbonyl (C=O) groups is 4. The average molecular weight is 576 g/mol. The number of carbonyl (C=O) groups excluding carboxylic acids is 3. The normalized spacial score (nSPS) is 18.5. The first kappa shape index (κ1) is 32.8. The van der Waals surface area contributed by atoms with Gasteiger partial charge in [-0.1, -0.05) is 44.2 Å². The highest BCUT2D eigenvalue weighted by Crippen LogP contribution is 2.24. The third-order valence-corrected chi connectivity index (χ3v) is 6.82. The number of carboxylic acids is 1. The Labute approximate surface area is 239 Å². The number of nitrogens with zero attached hydrogens (tertiary/aromatic N) is 4. The van der Waals surface area contributed by atoms with Gasteiger partial charge in [-0.3, -0.25) is 19.2 Å². The predicted octanol–water partition coefficient (Wildman–Crippen LogP) is 1.67. The summed E-state index contributed by atoms with van der Waals surface area (Å²) in [6.45, 7) is 6.16. The summed E-state index contributed by atoms with van der Waals surface area (Å²) in [6, 6.07) is 8.57. The van der Waals surface area contributed by atoms with Gasteiger partial charge in [0, 0.05) is 32.0 Å². The largest absolute Gasteiger partial charge is 0.481 e. The molecule has 0 spiro atoms. The number of nitrogens with one attached hydrogen (secondary N) is 2. The standard InChI is InChI=1S/C25H37N7O3S.C2H4O2/c1-17(2)22-24-29-23(18-8-5-4-6-9-18)30-32(24)14-13-31(21(34)16-26)12-7-10-20(33)27-19(11-15-36-3)25(35)28-22;1-2(3)4/h4-6,8-9,17,19,22H,7,10-16,26H2,1-3H3,(H,27,33)(H,28,35);1H3,(H,3,4)/t19-,22?;/m0./s1. The number of hydrogen-bond donors (Lipinski definition) is 4. The van der Waals surface area contributed by atoms with Crippen molar-refractivity contribution in [3.63, 3.8) is 0 Å². The third-order valence-electron chi connectivity index (χ3n) is 6.18. The minimum atomic E-state index is -0.833. The summed E-state index contributed by atoms with van der Waals surface area (Å²) >= 11 is 1.62. The maximum atomic E-state index is 13.4. The van der Waals surface area contributed by atoms with E-state index in [0.29, 0.717) is 44.1 Å². The summed E-state index contributed by atoms with van der Waals surface area (Å²) in [6.07, 6.45) is 3.18. The molecule has 1 aliphatic rings. The third kappa shape index (κ3) is 10.3. The second kappa shape index (κ2) is 16.6. The molecule has 1 aromatic carbocycles. The molecule has 13 heteroatoms. The molecule has 40 heavy (non-hydrogen) atoms. The van der Waals surface area contributed by atoms with Crippen LogP contribution in [0.3, 0.4) is 0 Å². The van der Waals surface area contributed by atoms with E-state index in [-0.39, 0.29) is 36.6 Å². The molecule has 1 unspecified atom stereocenters. The van der Waals surface area contributed by atoms with E-state index in [2.05, 4.69) is 10.6 Å². The summed E-state index contributed by atoms with van der Waals surface area (Å²) in [5.41, 5.74) is 6.52. The Kier molecular flexibility index (Phi) is 13.6. The van der Waals surface area contributed by atoms with E-state index < -0.39 is 18.1 Å². The molecule has 3 rings (SSSR count). The number of nitrogens with two attached hydrogens (primary N) is 1. The lowest BCUT2D eigenvalue weighted by molar-refractivity contribution is -0.134. The van der Waals surface area contributed by atoms with Crippen molar-refractivity contribution in [2.24, 2.45) is 11.7 Å². The number of carboxylic acid groups (broad SMARTS) is 1. The first-order chi connectivity index (χ1) is 19.1. The number of fused-ring (bicyclic) bond motifs is 1. The van der Waals surface area contributed by atoms with Crippen molar-refractivity contribution < 1.29 is 24.3 Å².